The van der Waals surface area contributed by atoms with Gasteiger partial charge in [-0.1, -0.05) is 12.1 Å². The minimum absolute atomic E-state index is 0.0191. The van der Waals surface area contributed by atoms with Crippen molar-refractivity contribution in [2.24, 2.45) is 16.8 Å². The van der Waals surface area contributed by atoms with Crippen LogP contribution in [0.2, 0.25) is 0 Å². The summed E-state index contributed by atoms with van der Waals surface area (Å²) in [5.74, 6) is -0.767. The van der Waals surface area contributed by atoms with Crippen molar-refractivity contribution in [3.8, 4) is 0 Å². The molecule has 1 rings (SSSR count). The summed E-state index contributed by atoms with van der Waals surface area (Å²) in [6.07, 6.45) is 0.488. The van der Waals surface area contributed by atoms with Gasteiger partial charge in [0.1, 0.15) is 0 Å². The van der Waals surface area contributed by atoms with Crippen molar-refractivity contribution in [1.29, 1.82) is 0 Å². The third kappa shape index (κ3) is 3.12. The second-order valence-electron chi connectivity index (χ2n) is 4.32. The van der Waals surface area contributed by atoms with Crippen molar-refractivity contribution in [3.63, 3.8) is 0 Å². The molecule has 1 unspecified atom stereocenters. The molecule has 1 atom stereocenters. The van der Waals surface area contributed by atoms with Crippen molar-refractivity contribution in [2.75, 3.05) is 26.2 Å². The quantitative estimate of drug-likeness (QED) is 0.306. The molecule has 18 heavy (non-hydrogen) atoms. The number of nitrogens with two attached hydrogens (primary N) is 1. The van der Waals surface area contributed by atoms with Crippen molar-refractivity contribution >= 4 is 17.6 Å². The lowest BCUT2D eigenvalue weighted by Gasteiger charge is -2.35. The van der Waals surface area contributed by atoms with Crippen LogP contribution in [0.4, 0.5) is 0 Å². The van der Waals surface area contributed by atoms with Crippen LogP contribution in [0.1, 0.15) is 20.3 Å². The Balaban J connectivity index is 2.61. The fourth-order valence-corrected chi connectivity index (χ4v) is 2.04. The summed E-state index contributed by atoms with van der Waals surface area (Å²) in [4.78, 5) is 26.7. The van der Waals surface area contributed by atoms with E-state index in [-0.39, 0.29) is 17.6 Å². The van der Waals surface area contributed by atoms with Crippen molar-refractivity contribution in [3.05, 3.63) is 0 Å². The van der Waals surface area contributed by atoms with Gasteiger partial charge < -0.3 is 20.7 Å². The summed E-state index contributed by atoms with van der Waals surface area (Å²) >= 11 is 0. The molecule has 7 heteroatoms. The minimum Gasteiger partial charge on any atom is -0.409 e. The second kappa shape index (κ2) is 6.23. The van der Waals surface area contributed by atoms with E-state index >= 15 is 0 Å². The largest absolute Gasteiger partial charge is 0.409 e. The molecule has 0 radical (unpaired) electrons. The highest BCUT2D eigenvalue weighted by Gasteiger charge is 2.29. The van der Waals surface area contributed by atoms with Gasteiger partial charge in [0.05, 0.1) is 5.92 Å². The van der Waals surface area contributed by atoms with Crippen molar-refractivity contribution < 1.29 is 14.8 Å². The van der Waals surface area contributed by atoms with Crippen LogP contribution in [-0.2, 0) is 9.59 Å². The van der Waals surface area contributed by atoms with E-state index in [0.717, 1.165) is 0 Å². The molecule has 7 nitrogen and oxygen atoms in total. The molecule has 1 heterocycles. The first-order valence-electron chi connectivity index (χ1n) is 6.03. The number of hydrogen-bond donors (Lipinski definition) is 2. The summed E-state index contributed by atoms with van der Waals surface area (Å²) in [6.45, 7) is 5.39. The summed E-state index contributed by atoms with van der Waals surface area (Å²) < 4.78 is 0. The third-order valence-corrected chi connectivity index (χ3v) is 3.22. The molecule has 1 aliphatic rings. The molecular weight excluding hydrogens is 236 g/mol. The van der Waals surface area contributed by atoms with Gasteiger partial charge in [0.25, 0.3) is 0 Å². The number of nitrogens with zero attached hydrogens (tertiary/aromatic N) is 3. The number of amides is 2. The number of piperazine rings is 1. The van der Waals surface area contributed by atoms with Crippen LogP contribution in [0.3, 0.4) is 0 Å². The average molecular weight is 256 g/mol. The molecule has 2 amide bonds. The van der Waals surface area contributed by atoms with Crippen LogP contribution in [0.15, 0.2) is 5.16 Å². The number of carbonyl (C=O) groups is 2. The number of oxime groups is 1. The lowest BCUT2D eigenvalue weighted by Crippen LogP contribution is -2.52. The van der Waals surface area contributed by atoms with Gasteiger partial charge in [-0.25, -0.2) is 0 Å². The summed E-state index contributed by atoms with van der Waals surface area (Å²) in [5.41, 5.74) is 5.50. The zero-order valence-corrected chi connectivity index (χ0v) is 10.8. The molecule has 1 aliphatic heterocycles. The van der Waals surface area contributed by atoms with Crippen LogP contribution >= 0.6 is 0 Å². The van der Waals surface area contributed by atoms with Crippen LogP contribution in [-0.4, -0.2) is 58.8 Å². The molecule has 0 spiro atoms. The molecule has 1 fully saturated rings. The Morgan fingerprint density at radius 3 is 2.17 bits per heavy atom. The van der Waals surface area contributed by atoms with Gasteiger partial charge in [-0.15, -0.1) is 0 Å². The van der Waals surface area contributed by atoms with Gasteiger partial charge in [-0.2, -0.15) is 0 Å². The van der Waals surface area contributed by atoms with E-state index in [0.29, 0.717) is 32.6 Å². The molecular formula is C11H20N4O3. The minimum atomic E-state index is -0.584. The molecule has 3 N–H and O–H groups in total. The van der Waals surface area contributed by atoms with Gasteiger partial charge in [-0.3, -0.25) is 9.59 Å². The van der Waals surface area contributed by atoms with Crippen LogP contribution in [0.5, 0.6) is 0 Å². The number of carbonyl (C=O) groups excluding carboxylic acids is 2. The van der Waals surface area contributed by atoms with Gasteiger partial charge in [0.2, 0.25) is 11.8 Å². The van der Waals surface area contributed by atoms with Gasteiger partial charge in [0.15, 0.2) is 5.84 Å². The Morgan fingerprint density at radius 1 is 1.28 bits per heavy atom. The van der Waals surface area contributed by atoms with Crippen LogP contribution < -0.4 is 5.73 Å². The van der Waals surface area contributed by atoms with E-state index in [1.807, 2.05) is 6.92 Å². The fraction of sp³-hybridized carbons (Fsp3) is 0.727. The van der Waals surface area contributed by atoms with Gasteiger partial charge in [-0.05, 0) is 6.42 Å². The van der Waals surface area contributed by atoms with Crippen molar-refractivity contribution in [2.45, 2.75) is 20.3 Å². The smallest absolute Gasteiger partial charge is 0.233 e. The van der Waals surface area contributed by atoms with E-state index in [4.69, 9.17) is 10.9 Å². The highest BCUT2D eigenvalue weighted by molar-refractivity contribution is 6.02. The molecule has 0 aromatic rings. The van der Waals surface area contributed by atoms with Crippen molar-refractivity contribution in [1.82, 2.24) is 9.80 Å². The Morgan fingerprint density at radius 2 is 1.78 bits per heavy atom. The first-order valence-corrected chi connectivity index (χ1v) is 6.03. The zero-order chi connectivity index (χ0) is 13.7. The molecule has 0 aromatic carbocycles. The molecule has 0 aromatic heterocycles. The Kier molecular flexibility index (Phi) is 4.94. The van der Waals surface area contributed by atoms with Gasteiger partial charge >= 0.3 is 0 Å². The summed E-state index contributed by atoms with van der Waals surface area (Å²) in [5, 5.41) is 11.5. The second-order valence-corrected chi connectivity index (χ2v) is 4.32. The Labute approximate surface area is 106 Å². The monoisotopic (exact) mass is 256 g/mol. The van der Waals surface area contributed by atoms with Crippen LogP contribution in [0.25, 0.3) is 0 Å². The topological polar surface area (TPSA) is 99.2 Å². The first-order chi connectivity index (χ1) is 8.51. The van der Waals surface area contributed by atoms with E-state index < -0.39 is 5.92 Å². The maximum Gasteiger partial charge on any atom is 0.233 e. The number of rotatable bonds is 3. The third-order valence-electron chi connectivity index (χ3n) is 3.22. The highest BCUT2D eigenvalue weighted by atomic mass is 16.4. The van der Waals surface area contributed by atoms with Gasteiger partial charge in [0, 0.05) is 33.1 Å². The predicted octanol–water partition coefficient (Wildman–Crippen LogP) is -0.550. The predicted molar refractivity (Wildman–Crippen MR) is 66.0 cm³/mol. The average Bonchev–Trinajstić information content (AvgIpc) is 2.39. The number of hydrogen-bond acceptors (Lipinski definition) is 4. The lowest BCUT2D eigenvalue weighted by atomic mass is 10.0. The zero-order valence-electron chi connectivity index (χ0n) is 10.8. The van der Waals surface area contributed by atoms with E-state index in [1.165, 1.54) is 6.92 Å². The maximum atomic E-state index is 12.2. The summed E-state index contributed by atoms with van der Waals surface area (Å²) in [6, 6.07) is 0. The maximum absolute atomic E-state index is 12.2. The number of amidine groups is 1. The van der Waals surface area contributed by atoms with Crippen LogP contribution in [0, 0.1) is 5.92 Å². The normalized spacial score (nSPS) is 18.7. The highest BCUT2D eigenvalue weighted by Crippen LogP contribution is 2.11. The summed E-state index contributed by atoms with van der Waals surface area (Å²) in [7, 11) is 0. The Bertz CT molecular complexity index is 348. The standard InChI is InChI=1S/C11H20N4O3/c1-3-9(10(12)13-18)11(17)15-6-4-14(5-7-15)8(2)16/h9,18H,3-7H2,1-2H3,(H2,12,13). The SMILES string of the molecule is CCC(C(=O)N1CCN(C(C)=O)CC1)/C(N)=N/O. The molecule has 0 saturated carbocycles. The molecule has 102 valence electrons. The molecule has 1 saturated heterocycles. The fourth-order valence-electron chi connectivity index (χ4n) is 2.04. The first kappa shape index (κ1) is 14.3. The Hall–Kier alpha value is -1.79. The van der Waals surface area contributed by atoms with E-state index in [2.05, 4.69) is 5.16 Å². The molecule has 0 bridgehead atoms. The lowest BCUT2D eigenvalue weighted by molar-refractivity contribution is -0.139. The van der Waals surface area contributed by atoms with E-state index in [1.54, 1.807) is 9.80 Å². The van der Waals surface area contributed by atoms with E-state index in [9.17, 15) is 9.59 Å². The molecule has 0 aliphatic carbocycles.